The monoisotopic (exact) mass is 397 g/mol. The van der Waals surface area contributed by atoms with E-state index in [2.05, 4.69) is 15.0 Å². The van der Waals surface area contributed by atoms with Crippen molar-refractivity contribution >= 4 is 17.3 Å². The van der Waals surface area contributed by atoms with E-state index >= 15 is 0 Å². The molecule has 0 unspecified atom stereocenters. The van der Waals surface area contributed by atoms with Crippen LogP contribution in [-0.4, -0.2) is 15.8 Å². The van der Waals surface area contributed by atoms with E-state index in [-0.39, 0.29) is 29.0 Å². The predicted molar refractivity (Wildman–Crippen MR) is 106 cm³/mol. The zero-order valence-electron chi connectivity index (χ0n) is 15.3. The van der Waals surface area contributed by atoms with Crippen molar-refractivity contribution in [1.82, 2.24) is 9.97 Å². The Morgan fingerprint density at radius 2 is 1.69 bits per heavy atom. The Morgan fingerprint density at radius 1 is 1.00 bits per heavy atom. The number of alkyl halides is 3. The summed E-state index contributed by atoms with van der Waals surface area (Å²) in [7, 11) is 0. The van der Waals surface area contributed by atoms with Crippen LogP contribution in [0.25, 0.3) is 11.4 Å². The van der Waals surface area contributed by atoms with Gasteiger partial charge in [-0.2, -0.15) is 13.2 Å². The Bertz CT molecular complexity index is 1090. The van der Waals surface area contributed by atoms with E-state index in [1.165, 1.54) is 18.2 Å². The van der Waals surface area contributed by atoms with E-state index in [1.54, 1.807) is 30.3 Å². The van der Waals surface area contributed by atoms with E-state index in [0.29, 0.717) is 16.9 Å². The van der Waals surface area contributed by atoms with Crippen molar-refractivity contribution in [3.8, 4) is 11.4 Å². The summed E-state index contributed by atoms with van der Waals surface area (Å²) < 4.78 is 40.4. The maximum absolute atomic E-state index is 13.5. The second-order valence-corrected chi connectivity index (χ2v) is 6.88. The van der Waals surface area contributed by atoms with Crippen LogP contribution in [0.1, 0.15) is 35.6 Å². The number of halogens is 3. The van der Waals surface area contributed by atoms with E-state index in [4.69, 9.17) is 11.5 Å². The molecule has 8 heteroatoms. The smallest absolute Gasteiger partial charge is 0.398 e. The molecule has 1 aliphatic rings. The summed E-state index contributed by atoms with van der Waals surface area (Å²) in [4.78, 5) is 13.0. The van der Waals surface area contributed by atoms with Crippen LogP contribution in [-0.2, 0) is 6.18 Å². The highest BCUT2D eigenvalue weighted by atomic mass is 19.4. The van der Waals surface area contributed by atoms with Crippen LogP contribution in [0.2, 0.25) is 0 Å². The van der Waals surface area contributed by atoms with Gasteiger partial charge < -0.3 is 11.5 Å². The van der Waals surface area contributed by atoms with Gasteiger partial charge in [0.25, 0.3) is 0 Å². The fourth-order valence-corrected chi connectivity index (χ4v) is 3.06. The van der Waals surface area contributed by atoms with E-state index in [0.717, 1.165) is 18.9 Å². The number of aromatic nitrogens is 2. The van der Waals surface area contributed by atoms with E-state index < -0.39 is 11.7 Å². The van der Waals surface area contributed by atoms with Crippen LogP contribution < -0.4 is 11.5 Å². The lowest BCUT2D eigenvalue weighted by atomic mass is 10.1. The summed E-state index contributed by atoms with van der Waals surface area (Å²) in [5.74, 6) is 0.523. The van der Waals surface area contributed by atoms with Gasteiger partial charge in [-0.1, -0.05) is 30.3 Å². The van der Waals surface area contributed by atoms with Gasteiger partial charge in [0.15, 0.2) is 11.6 Å². The molecule has 0 spiro atoms. The fraction of sp³-hybridized carbons (Fsp3) is 0.190. The van der Waals surface area contributed by atoms with Crippen molar-refractivity contribution in [2.45, 2.75) is 24.9 Å². The normalized spacial score (nSPS) is 14.8. The first-order valence-electron chi connectivity index (χ1n) is 9.07. The van der Waals surface area contributed by atoms with Crippen LogP contribution in [0, 0.1) is 0 Å². The summed E-state index contributed by atoms with van der Waals surface area (Å²) in [6.07, 6.45) is -2.65. The first-order valence-corrected chi connectivity index (χ1v) is 9.07. The third kappa shape index (κ3) is 4.06. The number of anilines is 1. The Hall–Kier alpha value is -3.42. The molecule has 5 nitrogen and oxygen atoms in total. The second-order valence-electron chi connectivity index (χ2n) is 6.88. The van der Waals surface area contributed by atoms with Crippen LogP contribution in [0.4, 0.5) is 24.7 Å². The quantitative estimate of drug-likeness (QED) is 0.381. The fourth-order valence-electron chi connectivity index (χ4n) is 3.06. The number of amidine groups is 1. The highest BCUT2D eigenvalue weighted by Gasteiger charge is 2.34. The average molecular weight is 397 g/mol. The van der Waals surface area contributed by atoms with Crippen molar-refractivity contribution in [1.29, 1.82) is 0 Å². The minimum Gasteiger partial charge on any atom is -0.398 e. The topological polar surface area (TPSA) is 90.2 Å². The Balaban J connectivity index is 1.83. The standard InChI is InChI=1S/C21H18F3N5/c22-21(23,24)15-7-3-1-5-13(15)20-27-17(12-9-10-12)11-18(29-20)28-19(26)14-6-2-4-8-16(14)25/h1-8,11-12H,9-10,25H2,(H2,26,27,28,29). The van der Waals surface area contributed by atoms with E-state index in [9.17, 15) is 13.2 Å². The van der Waals surface area contributed by atoms with Crippen LogP contribution >= 0.6 is 0 Å². The molecular formula is C21H18F3N5. The molecule has 2 aromatic carbocycles. The number of aliphatic imine (C=N–C) groups is 1. The highest BCUT2D eigenvalue weighted by Crippen LogP contribution is 2.42. The molecule has 0 atom stereocenters. The number of para-hydroxylation sites is 1. The summed E-state index contributed by atoms with van der Waals surface area (Å²) >= 11 is 0. The number of hydrogen-bond donors (Lipinski definition) is 2. The van der Waals surface area contributed by atoms with Gasteiger partial charge in [0.2, 0.25) is 0 Å². The van der Waals surface area contributed by atoms with E-state index in [1.807, 2.05) is 0 Å². The van der Waals surface area contributed by atoms with Crippen molar-refractivity contribution in [3.05, 3.63) is 71.4 Å². The van der Waals surface area contributed by atoms with Gasteiger partial charge in [-0.25, -0.2) is 15.0 Å². The van der Waals surface area contributed by atoms with Crippen molar-refractivity contribution in [2.24, 2.45) is 10.7 Å². The van der Waals surface area contributed by atoms with Crippen LogP contribution in [0.3, 0.4) is 0 Å². The molecule has 0 aliphatic heterocycles. The summed E-state index contributed by atoms with van der Waals surface area (Å²) in [5, 5.41) is 0. The van der Waals surface area contributed by atoms with Crippen molar-refractivity contribution in [2.75, 3.05) is 5.73 Å². The molecule has 0 saturated heterocycles. The average Bonchev–Trinajstić information content (AvgIpc) is 3.53. The molecule has 0 radical (unpaired) electrons. The summed E-state index contributed by atoms with van der Waals surface area (Å²) in [6.45, 7) is 0. The van der Waals surface area contributed by atoms with Gasteiger partial charge >= 0.3 is 6.18 Å². The zero-order chi connectivity index (χ0) is 20.6. The largest absolute Gasteiger partial charge is 0.417 e. The van der Waals surface area contributed by atoms with Gasteiger partial charge in [0, 0.05) is 34.5 Å². The SMILES string of the molecule is NC(=Nc1cc(C2CC2)nc(-c2ccccc2C(F)(F)F)n1)c1ccccc1N. The summed E-state index contributed by atoms with van der Waals surface area (Å²) in [5.41, 5.74) is 12.8. The molecular weight excluding hydrogens is 379 g/mol. The lowest BCUT2D eigenvalue weighted by molar-refractivity contribution is -0.137. The zero-order valence-corrected chi connectivity index (χ0v) is 15.3. The Labute approximate surface area is 165 Å². The lowest BCUT2D eigenvalue weighted by Crippen LogP contribution is -2.15. The number of nitrogens with zero attached hydrogens (tertiary/aromatic N) is 3. The first kappa shape index (κ1) is 18.9. The molecule has 29 heavy (non-hydrogen) atoms. The Morgan fingerprint density at radius 3 is 2.38 bits per heavy atom. The number of nitrogens with two attached hydrogens (primary N) is 2. The van der Waals surface area contributed by atoms with Crippen LogP contribution in [0.5, 0.6) is 0 Å². The summed E-state index contributed by atoms with van der Waals surface area (Å²) in [6, 6.07) is 13.9. The molecule has 1 heterocycles. The third-order valence-corrected chi connectivity index (χ3v) is 4.67. The number of benzene rings is 2. The maximum Gasteiger partial charge on any atom is 0.417 e. The number of nitrogen functional groups attached to an aromatic ring is 1. The molecule has 4 rings (SSSR count). The molecule has 1 saturated carbocycles. The number of rotatable bonds is 4. The second kappa shape index (κ2) is 7.20. The highest BCUT2D eigenvalue weighted by molar-refractivity contribution is 6.03. The van der Waals surface area contributed by atoms with Gasteiger partial charge in [-0.05, 0) is 31.0 Å². The Kier molecular flexibility index (Phi) is 4.70. The third-order valence-electron chi connectivity index (χ3n) is 4.67. The minimum atomic E-state index is -4.52. The molecule has 1 aromatic heterocycles. The molecule has 1 aliphatic carbocycles. The predicted octanol–water partition coefficient (Wildman–Crippen LogP) is 4.66. The molecule has 4 N–H and O–H groups in total. The van der Waals surface area contributed by atoms with Gasteiger partial charge in [-0.15, -0.1) is 0 Å². The van der Waals surface area contributed by atoms with Crippen LogP contribution in [0.15, 0.2) is 59.6 Å². The number of hydrogen-bond acceptors (Lipinski definition) is 4. The van der Waals surface area contributed by atoms with Crippen molar-refractivity contribution < 1.29 is 13.2 Å². The molecule has 0 amide bonds. The molecule has 3 aromatic rings. The minimum absolute atomic E-state index is 0.0186. The van der Waals surface area contributed by atoms with Gasteiger partial charge in [0.1, 0.15) is 5.84 Å². The molecule has 1 fully saturated rings. The first-order chi connectivity index (χ1) is 13.8. The lowest BCUT2D eigenvalue weighted by Gasteiger charge is -2.13. The maximum atomic E-state index is 13.5. The molecule has 0 bridgehead atoms. The van der Waals surface area contributed by atoms with Gasteiger partial charge in [0.05, 0.1) is 5.56 Å². The van der Waals surface area contributed by atoms with Gasteiger partial charge in [-0.3, -0.25) is 0 Å². The molecule has 148 valence electrons. The van der Waals surface area contributed by atoms with Crippen molar-refractivity contribution in [3.63, 3.8) is 0 Å².